The topological polar surface area (TPSA) is 74.6 Å². The number of unbranched alkanes of at least 4 members (excludes halogenated alkanes) is 1. The maximum absolute atomic E-state index is 12.1. The van der Waals surface area contributed by atoms with Crippen LogP contribution in [0.3, 0.4) is 0 Å². The van der Waals surface area contributed by atoms with Gasteiger partial charge in [-0.3, -0.25) is 9.36 Å². The van der Waals surface area contributed by atoms with Crippen molar-refractivity contribution in [2.24, 2.45) is 5.92 Å². The highest BCUT2D eigenvalue weighted by Crippen LogP contribution is 2.52. The third kappa shape index (κ3) is 3.69. The first-order valence-corrected chi connectivity index (χ1v) is 7.39. The monoisotopic (exact) mass is 250 g/mol. The summed E-state index contributed by atoms with van der Waals surface area (Å²) in [5.41, 5.74) is 0. The number of ketones is 1. The van der Waals surface area contributed by atoms with Gasteiger partial charge in [-0.15, -0.1) is 0 Å². The fraction of sp³-hybridized carbons (Fsp3) is 0.909. The van der Waals surface area contributed by atoms with Crippen LogP contribution in [0, 0.1) is 5.92 Å². The van der Waals surface area contributed by atoms with Crippen molar-refractivity contribution in [2.45, 2.75) is 58.5 Å². The molecule has 0 aromatic carbocycles. The van der Waals surface area contributed by atoms with Crippen molar-refractivity contribution in [3.63, 3.8) is 0 Å². The van der Waals surface area contributed by atoms with Crippen LogP contribution in [0.15, 0.2) is 0 Å². The van der Waals surface area contributed by atoms with E-state index in [1.807, 2.05) is 13.8 Å². The van der Waals surface area contributed by atoms with E-state index in [-0.39, 0.29) is 11.7 Å². The van der Waals surface area contributed by atoms with Crippen molar-refractivity contribution in [3.8, 4) is 0 Å². The van der Waals surface area contributed by atoms with Crippen molar-refractivity contribution < 1.29 is 19.1 Å². The average molecular weight is 250 g/mol. The van der Waals surface area contributed by atoms with Gasteiger partial charge in [-0.25, -0.2) is 0 Å². The Morgan fingerprint density at radius 3 is 2.12 bits per heavy atom. The smallest absolute Gasteiger partial charge is 0.324 e. The molecule has 0 spiro atoms. The maximum atomic E-state index is 12.1. The van der Waals surface area contributed by atoms with Crippen LogP contribution in [-0.4, -0.2) is 20.7 Å². The summed E-state index contributed by atoms with van der Waals surface area (Å²) in [6, 6.07) is 0. The van der Waals surface area contributed by atoms with Crippen molar-refractivity contribution in [3.05, 3.63) is 0 Å². The fourth-order valence-corrected chi connectivity index (χ4v) is 2.08. The minimum atomic E-state index is -4.37. The van der Waals surface area contributed by atoms with Gasteiger partial charge in [0.15, 0.2) is 5.78 Å². The summed E-state index contributed by atoms with van der Waals surface area (Å²) < 4.78 is 11.3. The van der Waals surface area contributed by atoms with E-state index in [1.165, 1.54) is 13.8 Å². The molecule has 0 amide bonds. The van der Waals surface area contributed by atoms with Crippen molar-refractivity contribution in [2.75, 3.05) is 0 Å². The number of carbonyl (C=O) groups is 1. The van der Waals surface area contributed by atoms with E-state index >= 15 is 0 Å². The second-order valence-electron chi connectivity index (χ2n) is 4.71. The highest BCUT2D eigenvalue weighted by Gasteiger charge is 2.46. The lowest BCUT2D eigenvalue weighted by Crippen LogP contribution is -2.36. The summed E-state index contributed by atoms with van der Waals surface area (Å²) in [6.07, 6.45) is 3.26. The molecule has 0 aliphatic heterocycles. The molecule has 0 saturated heterocycles. The van der Waals surface area contributed by atoms with Crippen LogP contribution in [0.5, 0.6) is 0 Å². The fourth-order valence-electron chi connectivity index (χ4n) is 1.61. The van der Waals surface area contributed by atoms with Gasteiger partial charge in [0.1, 0.15) is 5.16 Å². The standard InChI is InChI=1S/C11H23O4P/c1-5-7-8-9(6-2)10(12)11(3,4)16(13,14)15/h9H,5-8H2,1-4H3,(H2,13,14,15). The highest BCUT2D eigenvalue weighted by molar-refractivity contribution is 7.54. The number of carbonyl (C=O) groups excluding carboxylic acids is 1. The predicted octanol–water partition coefficient (Wildman–Crippen LogP) is 2.73. The third-order valence-corrected chi connectivity index (χ3v) is 4.78. The summed E-state index contributed by atoms with van der Waals surface area (Å²) in [4.78, 5) is 30.4. The van der Waals surface area contributed by atoms with Crippen molar-refractivity contribution in [1.82, 2.24) is 0 Å². The van der Waals surface area contributed by atoms with Crippen LogP contribution >= 0.6 is 7.60 Å². The van der Waals surface area contributed by atoms with Gasteiger partial charge in [-0.1, -0.05) is 26.7 Å². The van der Waals surface area contributed by atoms with E-state index in [0.717, 1.165) is 19.3 Å². The first-order valence-electron chi connectivity index (χ1n) is 5.78. The summed E-state index contributed by atoms with van der Waals surface area (Å²) in [6.45, 7) is 6.59. The normalized spacial score (nSPS) is 14.9. The van der Waals surface area contributed by atoms with E-state index in [2.05, 4.69) is 0 Å². The predicted molar refractivity (Wildman–Crippen MR) is 64.4 cm³/mol. The maximum Gasteiger partial charge on any atom is 0.338 e. The van der Waals surface area contributed by atoms with E-state index in [0.29, 0.717) is 6.42 Å². The SMILES string of the molecule is CCCCC(CC)C(=O)C(C)(C)P(=O)(O)O. The van der Waals surface area contributed by atoms with Gasteiger partial charge in [0.2, 0.25) is 0 Å². The first-order chi connectivity index (χ1) is 7.18. The summed E-state index contributed by atoms with van der Waals surface area (Å²) >= 11 is 0. The Kier molecular flexibility index (Phi) is 5.88. The molecule has 0 aromatic rings. The molecule has 0 heterocycles. The molecule has 1 atom stereocenters. The number of hydrogen-bond acceptors (Lipinski definition) is 2. The van der Waals surface area contributed by atoms with Gasteiger partial charge in [0.05, 0.1) is 0 Å². The third-order valence-electron chi connectivity index (χ3n) is 3.10. The zero-order valence-corrected chi connectivity index (χ0v) is 11.5. The molecule has 96 valence electrons. The Morgan fingerprint density at radius 1 is 1.31 bits per heavy atom. The minimum absolute atomic E-state index is 0.234. The first kappa shape index (κ1) is 15.8. The van der Waals surface area contributed by atoms with Crippen LogP contribution in [0.4, 0.5) is 0 Å². The molecule has 0 fully saturated rings. The Labute approximate surface area is 97.6 Å². The molecular weight excluding hydrogens is 227 g/mol. The van der Waals surface area contributed by atoms with Crippen LogP contribution in [0.25, 0.3) is 0 Å². The van der Waals surface area contributed by atoms with Crippen LogP contribution in [-0.2, 0) is 9.36 Å². The summed E-state index contributed by atoms with van der Waals surface area (Å²) in [5.74, 6) is -0.542. The van der Waals surface area contributed by atoms with Gasteiger partial charge < -0.3 is 9.79 Å². The zero-order valence-electron chi connectivity index (χ0n) is 10.6. The molecule has 0 rings (SSSR count). The Bertz CT molecular complexity index is 280. The number of Topliss-reactive ketones (excluding diaryl/α,β-unsaturated/α-hetero) is 1. The summed E-state index contributed by atoms with van der Waals surface area (Å²) in [5, 5.41) is -1.55. The van der Waals surface area contributed by atoms with Crippen LogP contribution in [0.1, 0.15) is 53.4 Å². The van der Waals surface area contributed by atoms with E-state index in [9.17, 15) is 19.1 Å². The van der Waals surface area contributed by atoms with E-state index < -0.39 is 12.8 Å². The molecule has 0 aliphatic rings. The zero-order chi connectivity index (χ0) is 13.0. The molecule has 0 radical (unpaired) electrons. The molecule has 16 heavy (non-hydrogen) atoms. The molecule has 0 aromatic heterocycles. The largest absolute Gasteiger partial charge is 0.338 e. The average Bonchev–Trinajstić information content (AvgIpc) is 2.16. The lowest BCUT2D eigenvalue weighted by molar-refractivity contribution is -0.125. The Morgan fingerprint density at radius 2 is 1.81 bits per heavy atom. The van der Waals surface area contributed by atoms with Gasteiger partial charge in [-0.2, -0.15) is 0 Å². The van der Waals surface area contributed by atoms with Gasteiger partial charge >= 0.3 is 7.60 Å². The van der Waals surface area contributed by atoms with Gasteiger partial charge in [0, 0.05) is 5.92 Å². The van der Waals surface area contributed by atoms with Crippen LogP contribution < -0.4 is 0 Å². The van der Waals surface area contributed by atoms with Crippen molar-refractivity contribution >= 4 is 13.4 Å². The molecule has 2 N–H and O–H groups in total. The Balaban J connectivity index is 4.81. The van der Waals surface area contributed by atoms with E-state index in [4.69, 9.17) is 0 Å². The van der Waals surface area contributed by atoms with E-state index in [1.54, 1.807) is 0 Å². The van der Waals surface area contributed by atoms with Gasteiger partial charge in [0.25, 0.3) is 0 Å². The second kappa shape index (κ2) is 5.95. The van der Waals surface area contributed by atoms with Gasteiger partial charge in [-0.05, 0) is 26.7 Å². The lowest BCUT2D eigenvalue weighted by atomic mass is 9.88. The minimum Gasteiger partial charge on any atom is -0.324 e. The number of hydrogen-bond donors (Lipinski definition) is 2. The van der Waals surface area contributed by atoms with Crippen molar-refractivity contribution in [1.29, 1.82) is 0 Å². The highest BCUT2D eigenvalue weighted by atomic mass is 31.2. The second-order valence-corrected chi connectivity index (χ2v) is 6.92. The lowest BCUT2D eigenvalue weighted by Gasteiger charge is -2.28. The molecular formula is C11H23O4P. The van der Waals surface area contributed by atoms with Crippen LogP contribution in [0.2, 0.25) is 0 Å². The quantitative estimate of drug-likeness (QED) is 0.681. The number of rotatable bonds is 7. The molecule has 4 nitrogen and oxygen atoms in total. The Hall–Kier alpha value is -0.180. The summed E-state index contributed by atoms with van der Waals surface area (Å²) in [7, 11) is -4.37. The molecule has 0 saturated carbocycles. The molecule has 1 unspecified atom stereocenters. The molecule has 5 heteroatoms. The molecule has 0 bridgehead atoms. The molecule has 0 aliphatic carbocycles.